The van der Waals surface area contributed by atoms with E-state index in [2.05, 4.69) is 5.32 Å². The van der Waals surface area contributed by atoms with E-state index >= 15 is 0 Å². The molecule has 4 rings (SSSR count). The molecule has 0 saturated heterocycles. The molecule has 1 aliphatic carbocycles. The smallest absolute Gasteiger partial charge is 0.194 e. The lowest BCUT2D eigenvalue weighted by Crippen LogP contribution is -2.40. The number of ketones is 3. The van der Waals surface area contributed by atoms with Crippen molar-refractivity contribution in [2.24, 2.45) is 0 Å². The maximum Gasteiger partial charge on any atom is 0.194 e. The van der Waals surface area contributed by atoms with Crippen LogP contribution in [0.5, 0.6) is 17.2 Å². The first-order valence-electron chi connectivity index (χ1n) is 9.71. The highest BCUT2D eigenvalue weighted by Gasteiger charge is 2.56. The molecule has 0 amide bonds. The van der Waals surface area contributed by atoms with E-state index in [0.717, 1.165) is 0 Å². The Labute approximate surface area is 178 Å². The van der Waals surface area contributed by atoms with Gasteiger partial charge in [0.2, 0.25) is 0 Å². The van der Waals surface area contributed by atoms with E-state index in [9.17, 15) is 24.6 Å². The fraction of sp³-hybridized carbons (Fsp3) is 0.208. The molecule has 2 aliphatic rings. The molecule has 7 heteroatoms. The Balaban J connectivity index is 1.94. The zero-order chi connectivity index (χ0) is 22.7. The minimum absolute atomic E-state index is 0.0107. The second-order valence-electron chi connectivity index (χ2n) is 7.88. The van der Waals surface area contributed by atoms with Crippen molar-refractivity contribution >= 4 is 23.0 Å². The number of phenols is 2. The molecule has 2 aromatic rings. The molecule has 0 saturated carbocycles. The van der Waals surface area contributed by atoms with Gasteiger partial charge in [0.15, 0.2) is 17.3 Å². The van der Waals surface area contributed by atoms with Crippen molar-refractivity contribution < 1.29 is 29.3 Å². The second-order valence-corrected chi connectivity index (χ2v) is 7.88. The van der Waals surface area contributed by atoms with Crippen molar-refractivity contribution in [3.05, 3.63) is 70.1 Å². The number of hydrogen-bond acceptors (Lipinski definition) is 7. The van der Waals surface area contributed by atoms with Crippen molar-refractivity contribution in [2.45, 2.75) is 33.1 Å². The van der Waals surface area contributed by atoms with Gasteiger partial charge >= 0.3 is 0 Å². The predicted octanol–water partition coefficient (Wildman–Crippen LogP) is 3.68. The van der Waals surface area contributed by atoms with Gasteiger partial charge in [-0.3, -0.25) is 14.4 Å². The van der Waals surface area contributed by atoms with Crippen LogP contribution in [0.2, 0.25) is 0 Å². The summed E-state index contributed by atoms with van der Waals surface area (Å²) in [5.41, 5.74) is -0.532. The van der Waals surface area contributed by atoms with Gasteiger partial charge in [-0.1, -0.05) is 18.2 Å². The van der Waals surface area contributed by atoms with Gasteiger partial charge in [-0.15, -0.1) is 0 Å². The van der Waals surface area contributed by atoms with Gasteiger partial charge in [0.25, 0.3) is 0 Å². The van der Waals surface area contributed by atoms with Crippen molar-refractivity contribution in [3.8, 4) is 17.2 Å². The molecular formula is C24H21NO6. The Morgan fingerprint density at radius 2 is 1.71 bits per heavy atom. The topological polar surface area (TPSA) is 113 Å². The summed E-state index contributed by atoms with van der Waals surface area (Å²) >= 11 is 0. The number of carbonyl (C=O) groups is 3. The van der Waals surface area contributed by atoms with Crippen molar-refractivity contribution in [3.63, 3.8) is 0 Å². The summed E-state index contributed by atoms with van der Waals surface area (Å²) < 4.78 is 5.75. The summed E-state index contributed by atoms with van der Waals surface area (Å²) in [6.07, 6.45) is 1.20. The monoisotopic (exact) mass is 419 g/mol. The average molecular weight is 419 g/mol. The number of hydrogen-bond donors (Lipinski definition) is 3. The number of carbonyl (C=O) groups excluding carboxylic acids is 3. The molecule has 7 nitrogen and oxygen atoms in total. The minimum atomic E-state index is -1.52. The summed E-state index contributed by atoms with van der Waals surface area (Å²) in [6.45, 7) is 5.86. The van der Waals surface area contributed by atoms with Gasteiger partial charge in [0, 0.05) is 23.0 Å². The Kier molecular flexibility index (Phi) is 4.50. The minimum Gasteiger partial charge on any atom is -0.507 e. The van der Waals surface area contributed by atoms with Crippen LogP contribution in [-0.4, -0.2) is 27.6 Å². The summed E-state index contributed by atoms with van der Waals surface area (Å²) in [4.78, 5) is 38.7. The number of nitrogens with one attached hydrogen (secondary N) is 1. The third-order valence-corrected chi connectivity index (χ3v) is 5.87. The highest BCUT2D eigenvalue weighted by Crippen LogP contribution is 2.57. The number of aromatic hydroxyl groups is 2. The molecule has 0 radical (unpaired) electrons. The Morgan fingerprint density at radius 1 is 1.06 bits per heavy atom. The number of rotatable bonds is 3. The third kappa shape index (κ3) is 2.77. The van der Waals surface area contributed by atoms with Crippen LogP contribution in [-0.2, 0) is 15.0 Å². The molecule has 0 unspecified atom stereocenters. The number of anilines is 1. The molecule has 0 bridgehead atoms. The fourth-order valence-corrected chi connectivity index (χ4v) is 4.16. The second kappa shape index (κ2) is 6.84. The molecule has 1 aliphatic heterocycles. The highest BCUT2D eigenvalue weighted by molar-refractivity contribution is 6.31. The Hall–Kier alpha value is -3.87. The molecule has 158 valence electrons. The molecule has 3 N–H and O–H groups in total. The molecule has 0 fully saturated rings. The number of fused-ring (bicyclic) bond motifs is 3. The number of allylic oxidation sites excluding steroid dienone is 4. The first-order valence-corrected chi connectivity index (χ1v) is 9.71. The summed E-state index contributed by atoms with van der Waals surface area (Å²) in [6, 6.07) is 9.09. The molecule has 0 aromatic heterocycles. The maximum absolute atomic E-state index is 13.7. The lowest BCUT2D eigenvalue weighted by atomic mass is 9.70. The standard InChI is InChI=1S/C24H21NO6/c1-11-20(28)18(13(3)26)22-19(21(11)29)24(4)16(31-22)10-15(27)17(23(24)30)12(2)25-14-8-6-5-7-9-14/h5-10,25,28-29H,1-4H3/b17-12-/t24-/m0/s1. The van der Waals surface area contributed by atoms with E-state index in [-0.39, 0.29) is 39.5 Å². The number of para-hydroxylation sites is 1. The van der Waals surface area contributed by atoms with Gasteiger partial charge in [-0.25, -0.2) is 0 Å². The van der Waals surface area contributed by atoms with Crippen LogP contribution in [0.1, 0.15) is 42.3 Å². The SMILES string of the molecule is CC(=O)c1c(O)c(C)c(O)c2c1OC1=CC(=O)/C(=C(\C)Nc3ccccc3)C(=O)[C@@]12C. The first kappa shape index (κ1) is 20.4. The molecule has 1 atom stereocenters. The quantitative estimate of drug-likeness (QED) is 0.395. The molecule has 0 spiro atoms. The predicted molar refractivity (Wildman–Crippen MR) is 113 cm³/mol. The fourth-order valence-electron chi connectivity index (χ4n) is 4.16. The Morgan fingerprint density at radius 3 is 2.32 bits per heavy atom. The van der Waals surface area contributed by atoms with Gasteiger partial charge in [0.1, 0.15) is 34.0 Å². The van der Waals surface area contributed by atoms with Gasteiger partial charge in [-0.2, -0.15) is 0 Å². The van der Waals surface area contributed by atoms with E-state index in [0.29, 0.717) is 11.4 Å². The van der Waals surface area contributed by atoms with Crippen LogP contribution in [0.4, 0.5) is 5.69 Å². The number of ether oxygens (including phenoxy) is 1. The van der Waals surface area contributed by atoms with E-state index in [1.807, 2.05) is 18.2 Å². The van der Waals surface area contributed by atoms with Crippen LogP contribution in [0.25, 0.3) is 0 Å². The van der Waals surface area contributed by atoms with Gasteiger partial charge < -0.3 is 20.3 Å². The largest absolute Gasteiger partial charge is 0.507 e. The van der Waals surface area contributed by atoms with Crippen molar-refractivity contribution in [1.29, 1.82) is 0 Å². The number of benzene rings is 2. The lowest BCUT2D eigenvalue weighted by Gasteiger charge is -2.29. The average Bonchev–Trinajstić information content (AvgIpc) is 3.00. The van der Waals surface area contributed by atoms with Crippen LogP contribution in [0.3, 0.4) is 0 Å². The van der Waals surface area contributed by atoms with Gasteiger partial charge in [0.05, 0.1) is 11.1 Å². The highest BCUT2D eigenvalue weighted by atomic mass is 16.5. The van der Waals surface area contributed by atoms with Crippen molar-refractivity contribution in [1.82, 2.24) is 0 Å². The molecule has 1 heterocycles. The van der Waals surface area contributed by atoms with E-state index in [1.165, 1.54) is 26.8 Å². The number of phenolic OH excluding ortho intramolecular Hbond substituents is 2. The molecule has 31 heavy (non-hydrogen) atoms. The van der Waals surface area contributed by atoms with Crippen LogP contribution in [0.15, 0.2) is 53.4 Å². The Bertz CT molecular complexity index is 1240. The lowest BCUT2D eigenvalue weighted by molar-refractivity contribution is -0.123. The number of Topliss-reactive ketones (excluding diaryl/α,β-unsaturated/α-hetero) is 2. The van der Waals surface area contributed by atoms with E-state index < -0.39 is 28.5 Å². The third-order valence-electron chi connectivity index (χ3n) is 5.87. The van der Waals surface area contributed by atoms with Crippen molar-refractivity contribution in [2.75, 3.05) is 5.32 Å². The molecule has 2 aromatic carbocycles. The van der Waals surface area contributed by atoms with Crippen LogP contribution >= 0.6 is 0 Å². The first-order chi connectivity index (χ1) is 14.6. The summed E-state index contributed by atoms with van der Waals surface area (Å²) in [5.74, 6) is -2.45. The summed E-state index contributed by atoms with van der Waals surface area (Å²) in [7, 11) is 0. The zero-order valence-electron chi connectivity index (χ0n) is 17.5. The molecular weight excluding hydrogens is 398 g/mol. The van der Waals surface area contributed by atoms with Gasteiger partial charge in [-0.05, 0) is 39.8 Å². The van der Waals surface area contributed by atoms with E-state index in [1.54, 1.807) is 19.1 Å². The van der Waals surface area contributed by atoms with Crippen LogP contribution in [0, 0.1) is 6.92 Å². The normalized spacial score (nSPS) is 21.1. The zero-order valence-corrected chi connectivity index (χ0v) is 17.5. The van der Waals surface area contributed by atoms with E-state index in [4.69, 9.17) is 4.74 Å². The summed E-state index contributed by atoms with van der Waals surface area (Å²) in [5, 5.41) is 24.3. The maximum atomic E-state index is 13.7. The van der Waals surface area contributed by atoms with Crippen LogP contribution < -0.4 is 10.1 Å².